The van der Waals surface area contributed by atoms with Crippen LogP contribution in [0.15, 0.2) is 46.9 Å². The summed E-state index contributed by atoms with van der Waals surface area (Å²) >= 11 is 3.36. The standard InChI is InChI=1S/C19H21BrN2O2/c1-13-10-14(2)12-18(11-13)22(15(3)23)9-8-19(24)21-17-6-4-16(20)5-7-17/h4-7,10-12H,8-9H2,1-3H3,(H,21,24). The number of halogens is 1. The molecular formula is C19H21BrN2O2. The zero-order valence-electron chi connectivity index (χ0n) is 14.1. The van der Waals surface area contributed by atoms with Crippen molar-refractivity contribution in [1.29, 1.82) is 0 Å². The van der Waals surface area contributed by atoms with Crippen LogP contribution in [0.3, 0.4) is 0 Å². The Morgan fingerprint density at radius 1 is 1.04 bits per heavy atom. The normalized spacial score (nSPS) is 10.3. The van der Waals surface area contributed by atoms with Crippen molar-refractivity contribution >= 4 is 39.1 Å². The van der Waals surface area contributed by atoms with E-state index in [1.165, 1.54) is 6.92 Å². The van der Waals surface area contributed by atoms with E-state index in [1.807, 2.05) is 50.2 Å². The van der Waals surface area contributed by atoms with Crippen LogP contribution in [0.25, 0.3) is 0 Å². The highest BCUT2D eigenvalue weighted by Gasteiger charge is 2.14. The molecule has 2 rings (SSSR count). The molecule has 126 valence electrons. The number of nitrogens with one attached hydrogen (secondary N) is 1. The van der Waals surface area contributed by atoms with Crippen LogP contribution in [-0.4, -0.2) is 18.4 Å². The second-order valence-electron chi connectivity index (χ2n) is 5.82. The first-order valence-electron chi connectivity index (χ1n) is 7.77. The number of aryl methyl sites for hydroxylation is 2. The van der Waals surface area contributed by atoms with Gasteiger partial charge in [0.25, 0.3) is 0 Å². The summed E-state index contributed by atoms with van der Waals surface area (Å²) in [7, 11) is 0. The minimum Gasteiger partial charge on any atom is -0.326 e. The molecule has 4 nitrogen and oxygen atoms in total. The van der Waals surface area contributed by atoms with E-state index in [2.05, 4.69) is 27.3 Å². The summed E-state index contributed by atoms with van der Waals surface area (Å²) in [6.07, 6.45) is 0.239. The Labute approximate surface area is 151 Å². The van der Waals surface area contributed by atoms with E-state index in [4.69, 9.17) is 0 Å². The zero-order chi connectivity index (χ0) is 17.7. The number of hydrogen-bond acceptors (Lipinski definition) is 2. The first kappa shape index (κ1) is 18.2. The fourth-order valence-corrected chi connectivity index (χ4v) is 2.81. The third-order valence-electron chi connectivity index (χ3n) is 3.59. The summed E-state index contributed by atoms with van der Waals surface area (Å²) in [5.74, 6) is -0.190. The van der Waals surface area contributed by atoms with Crippen LogP contribution in [-0.2, 0) is 9.59 Å². The average Bonchev–Trinajstić information content (AvgIpc) is 2.48. The van der Waals surface area contributed by atoms with E-state index in [-0.39, 0.29) is 18.2 Å². The van der Waals surface area contributed by atoms with Gasteiger partial charge in [0.1, 0.15) is 0 Å². The van der Waals surface area contributed by atoms with Gasteiger partial charge in [-0.3, -0.25) is 9.59 Å². The predicted octanol–water partition coefficient (Wildman–Crippen LogP) is 4.45. The van der Waals surface area contributed by atoms with Crippen molar-refractivity contribution in [3.05, 3.63) is 58.1 Å². The van der Waals surface area contributed by atoms with Crippen molar-refractivity contribution in [2.75, 3.05) is 16.8 Å². The largest absolute Gasteiger partial charge is 0.326 e. The monoisotopic (exact) mass is 388 g/mol. The summed E-state index contributed by atoms with van der Waals surface area (Å²) in [6, 6.07) is 13.4. The average molecular weight is 389 g/mol. The molecule has 0 bridgehead atoms. The lowest BCUT2D eigenvalue weighted by Crippen LogP contribution is -2.32. The summed E-state index contributed by atoms with van der Waals surface area (Å²) in [5.41, 5.74) is 3.76. The number of nitrogens with zero attached hydrogens (tertiary/aromatic N) is 1. The second kappa shape index (κ2) is 8.11. The summed E-state index contributed by atoms with van der Waals surface area (Å²) in [6.45, 7) is 5.86. The predicted molar refractivity (Wildman–Crippen MR) is 101 cm³/mol. The van der Waals surface area contributed by atoms with Crippen LogP contribution in [0.5, 0.6) is 0 Å². The number of carbonyl (C=O) groups is 2. The van der Waals surface area contributed by atoms with Gasteiger partial charge in [0.2, 0.25) is 11.8 Å². The summed E-state index contributed by atoms with van der Waals surface area (Å²) in [5, 5.41) is 2.84. The highest BCUT2D eigenvalue weighted by atomic mass is 79.9. The molecule has 5 heteroatoms. The van der Waals surface area contributed by atoms with Crippen LogP contribution in [0.4, 0.5) is 11.4 Å². The van der Waals surface area contributed by atoms with Crippen LogP contribution in [0.2, 0.25) is 0 Å². The zero-order valence-corrected chi connectivity index (χ0v) is 15.7. The Morgan fingerprint density at radius 2 is 1.62 bits per heavy atom. The Balaban J connectivity index is 2.02. The summed E-state index contributed by atoms with van der Waals surface area (Å²) in [4.78, 5) is 25.7. The van der Waals surface area contributed by atoms with Gasteiger partial charge in [-0.05, 0) is 61.4 Å². The molecule has 0 aromatic heterocycles. The molecule has 2 amide bonds. The molecule has 0 fully saturated rings. The van der Waals surface area contributed by atoms with Crippen LogP contribution in [0.1, 0.15) is 24.5 Å². The van der Waals surface area contributed by atoms with Crippen molar-refractivity contribution in [2.45, 2.75) is 27.2 Å². The summed E-state index contributed by atoms with van der Waals surface area (Å²) < 4.78 is 0.957. The number of anilines is 2. The molecule has 0 atom stereocenters. The smallest absolute Gasteiger partial charge is 0.226 e. The number of carbonyl (C=O) groups excluding carboxylic acids is 2. The van der Waals surface area contributed by atoms with E-state index < -0.39 is 0 Å². The molecular weight excluding hydrogens is 368 g/mol. The molecule has 2 aromatic rings. The maximum Gasteiger partial charge on any atom is 0.226 e. The number of benzene rings is 2. The number of rotatable bonds is 5. The molecule has 1 N–H and O–H groups in total. The second-order valence-corrected chi connectivity index (χ2v) is 6.74. The van der Waals surface area contributed by atoms with Crippen molar-refractivity contribution in [1.82, 2.24) is 0 Å². The molecule has 0 unspecified atom stereocenters. The van der Waals surface area contributed by atoms with Gasteiger partial charge in [0.05, 0.1) is 0 Å². The molecule has 0 aliphatic carbocycles. The van der Waals surface area contributed by atoms with E-state index in [0.29, 0.717) is 6.54 Å². The van der Waals surface area contributed by atoms with Gasteiger partial charge in [-0.1, -0.05) is 22.0 Å². The lowest BCUT2D eigenvalue weighted by Gasteiger charge is -2.22. The van der Waals surface area contributed by atoms with Crippen LogP contribution in [0, 0.1) is 13.8 Å². The van der Waals surface area contributed by atoms with Gasteiger partial charge >= 0.3 is 0 Å². The van der Waals surface area contributed by atoms with Gasteiger partial charge in [0, 0.05) is 35.7 Å². The molecule has 2 aromatic carbocycles. The van der Waals surface area contributed by atoms with E-state index >= 15 is 0 Å². The maximum atomic E-state index is 12.1. The highest BCUT2D eigenvalue weighted by Crippen LogP contribution is 2.20. The fourth-order valence-electron chi connectivity index (χ4n) is 2.54. The lowest BCUT2D eigenvalue weighted by molar-refractivity contribution is -0.117. The fraction of sp³-hybridized carbons (Fsp3) is 0.263. The molecule has 0 aliphatic rings. The molecule has 0 spiro atoms. The highest BCUT2D eigenvalue weighted by molar-refractivity contribution is 9.10. The Kier molecular flexibility index (Phi) is 6.15. The third kappa shape index (κ3) is 5.20. The van der Waals surface area contributed by atoms with E-state index in [9.17, 15) is 9.59 Å². The molecule has 0 saturated carbocycles. The van der Waals surface area contributed by atoms with Crippen molar-refractivity contribution in [2.24, 2.45) is 0 Å². The van der Waals surface area contributed by atoms with Crippen LogP contribution < -0.4 is 10.2 Å². The van der Waals surface area contributed by atoms with Gasteiger partial charge in [-0.15, -0.1) is 0 Å². The van der Waals surface area contributed by atoms with Gasteiger partial charge in [0.15, 0.2) is 0 Å². The topological polar surface area (TPSA) is 49.4 Å². The van der Waals surface area contributed by atoms with Gasteiger partial charge in [-0.25, -0.2) is 0 Å². The molecule has 0 saturated heterocycles. The quantitative estimate of drug-likeness (QED) is 0.822. The Bertz CT molecular complexity index is 721. The third-order valence-corrected chi connectivity index (χ3v) is 4.12. The SMILES string of the molecule is CC(=O)N(CCC(=O)Nc1ccc(Br)cc1)c1cc(C)cc(C)c1. The van der Waals surface area contributed by atoms with Gasteiger partial charge < -0.3 is 10.2 Å². The number of hydrogen-bond donors (Lipinski definition) is 1. The van der Waals surface area contributed by atoms with Crippen molar-refractivity contribution in [3.8, 4) is 0 Å². The first-order chi connectivity index (χ1) is 11.3. The van der Waals surface area contributed by atoms with Crippen LogP contribution >= 0.6 is 15.9 Å². The van der Waals surface area contributed by atoms with Crippen molar-refractivity contribution < 1.29 is 9.59 Å². The Morgan fingerprint density at radius 3 is 2.17 bits per heavy atom. The molecule has 24 heavy (non-hydrogen) atoms. The Hall–Kier alpha value is -2.14. The molecule has 0 radical (unpaired) electrons. The molecule has 0 aliphatic heterocycles. The maximum absolute atomic E-state index is 12.1. The first-order valence-corrected chi connectivity index (χ1v) is 8.56. The lowest BCUT2D eigenvalue weighted by atomic mass is 10.1. The van der Waals surface area contributed by atoms with E-state index in [0.717, 1.165) is 27.0 Å². The minimum absolute atomic E-state index is 0.0727. The van der Waals surface area contributed by atoms with Crippen molar-refractivity contribution in [3.63, 3.8) is 0 Å². The number of amides is 2. The van der Waals surface area contributed by atoms with Gasteiger partial charge in [-0.2, -0.15) is 0 Å². The molecule has 0 heterocycles. The minimum atomic E-state index is -0.118. The van der Waals surface area contributed by atoms with E-state index in [1.54, 1.807) is 4.90 Å².